The Labute approximate surface area is 98.9 Å². The van der Waals surface area contributed by atoms with Gasteiger partial charge in [-0.25, -0.2) is 0 Å². The van der Waals surface area contributed by atoms with Crippen LogP contribution in [-0.2, 0) is 9.53 Å². The molecule has 0 atom stereocenters. The maximum absolute atomic E-state index is 11.8. The normalized spacial score (nSPS) is 39.7. The predicted molar refractivity (Wildman–Crippen MR) is 63.4 cm³/mol. The van der Waals surface area contributed by atoms with Crippen molar-refractivity contribution in [2.75, 3.05) is 6.61 Å². The van der Waals surface area contributed by atoms with E-state index < -0.39 is 0 Å². The molecule has 3 fully saturated rings. The molecular formula is C11H17IO2. The van der Waals surface area contributed by atoms with Gasteiger partial charge in [0.05, 0.1) is 12.0 Å². The summed E-state index contributed by atoms with van der Waals surface area (Å²) in [6.45, 7) is 6.45. The fourth-order valence-corrected chi connectivity index (χ4v) is 5.05. The Hall–Kier alpha value is 0.200. The molecule has 3 heteroatoms. The first-order valence-electron chi connectivity index (χ1n) is 5.21. The molecule has 80 valence electrons. The zero-order chi connectivity index (χ0) is 10.6. The minimum Gasteiger partial charge on any atom is -0.466 e. The molecule has 0 radical (unpaired) electrons. The van der Waals surface area contributed by atoms with Crippen LogP contribution in [0.25, 0.3) is 0 Å². The average molecular weight is 308 g/mol. The second-order valence-corrected chi connectivity index (χ2v) is 7.60. The first-order chi connectivity index (χ1) is 6.35. The molecule has 0 N–H and O–H groups in total. The summed E-state index contributed by atoms with van der Waals surface area (Å²) in [6, 6.07) is 0. The SMILES string of the molecule is CCOC(=O)C(C)(C)C12CC(I)(C1)C2. The number of esters is 1. The van der Waals surface area contributed by atoms with Gasteiger partial charge in [0.15, 0.2) is 0 Å². The van der Waals surface area contributed by atoms with E-state index >= 15 is 0 Å². The Balaban J connectivity index is 2.06. The molecule has 0 saturated heterocycles. The molecule has 3 rings (SSSR count). The minimum absolute atomic E-state index is 0.0156. The largest absolute Gasteiger partial charge is 0.466 e. The van der Waals surface area contributed by atoms with Gasteiger partial charge >= 0.3 is 5.97 Å². The summed E-state index contributed by atoms with van der Waals surface area (Å²) in [7, 11) is 0. The average Bonchev–Trinajstić information content (AvgIpc) is 1.97. The van der Waals surface area contributed by atoms with Crippen molar-refractivity contribution in [2.45, 2.75) is 43.5 Å². The standard InChI is InChI=1S/C11H17IO2/c1-4-14-8(13)9(2,3)10-5-11(12,6-10)7-10/h4-7H2,1-3H3. The van der Waals surface area contributed by atoms with Crippen LogP contribution < -0.4 is 0 Å². The number of carbonyl (C=O) groups excluding carboxylic acids is 1. The van der Waals surface area contributed by atoms with Crippen LogP contribution in [0.1, 0.15) is 40.0 Å². The summed E-state index contributed by atoms with van der Waals surface area (Å²) in [6.07, 6.45) is 3.60. The van der Waals surface area contributed by atoms with Crippen LogP contribution in [-0.4, -0.2) is 16.0 Å². The van der Waals surface area contributed by atoms with Crippen LogP contribution in [0, 0.1) is 10.8 Å². The number of ether oxygens (including phenoxy) is 1. The summed E-state index contributed by atoms with van der Waals surface area (Å²) in [5.41, 5.74) is -0.0175. The van der Waals surface area contributed by atoms with Gasteiger partial charge in [-0.3, -0.25) is 4.79 Å². The Bertz CT molecular complexity index is 263. The van der Waals surface area contributed by atoms with Crippen LogP contribution in [0.2, 0.25) is 0 Å². The van der Waals surface area contributed by atoms with Gasteiger partial charge in [-0.05, 0) is 45.4 Å². The molecule has 0 aromatic rings. The molecule has 0 aromatic carbocycles. The molecule has 14 heavy (non-hydrogen) atoms. The topological polar surface area (TPSA) is 26.3 Å². The van der Waals surface area contributed by atoms with Gasteiger partial charge in [0.2, 0.25) is 0 Å². The molecule has 0 heterocycles. The maximum atomic E-state index is 11.8. The van der Waals surface area contributed by atoms with Gasteiger partial charge in [-0.15, -0.1) is 0 Å². The monoisotopic (exact) mass is 308 g/mol. The zero-order valence-corrected chi connectivity index (χ0v) is 11.2. The summed E-state index contributed by atoms with van der Waals surface area (Å²) >= 11 is 2.54. The number of hydrogen-bond acceptors (Lipinski definition) is 2. The molecule has 3 saturated carbocycles. The molecule has 0 unspecified atom stereocenters. The van der Waals surface area contributed by atoms with E-state index in [2.05, 4.69) is 22.6 Å². The lowest BCUT2D eigenvalue weighted by atomic mass is 9.36. The zero-order valence-electron chi connectivity index (χ0n) is 9.02. The Morgan fingerprint density at radius 2 is 1.93 bits per heavy atom. The molecule has 0 spiro atoms. The molecule has 0 aliphatic heterocycles. The fraction of sp³-hybridized carbons (Fsp3) is 0.909. The predicted octanol–water partition coefficient (Wildman–Crippen LogP) is 2.93. The van der Waals surface area contributed by atoms with Crippen LogP contribution in [0.5, 0.6) is 0 Å². The van der Waals surface area contributed by atoms with Crippen molar-refractivity contribution >= 4 is 28.6 Å². The number of rotatable bonds is 3. The summed E-state index contributed by atoms with van der Waals surface area (Å²) in [5, 5.41) is 0. The lowest BCUT2D eigenvalue weighted by Crippen LogP contribution is -2.70. The third-order valence-corrected chi connectivity index (χ3v) is 5.22. The van der Waals surface area contributed by atoms with Gasteiger partial charge in [0.1, 0.15) is 0 Å². The summed E-state index contributed by atoms with van der Waals surface area (Å²) < 4.78 is 5.67. The van der Waals surface area contributed by atoms with Gasteiger partial charge < -0.3 is 4.74 Å². The number of carbonyl (C=O) groups is 1. The minimum atomic E-state index is -0.282. The van der Waals surface area contributed by atoms with E-state index in [0.29, 0.717) is 10.0 Å². The summed E-state index contributed by atoms with van der Waals surface area (Å²) in [4.78, 5) is 11.8. The molecule has 3 aliphatic rings. The Morgan fingerprint density at radius 1 is 1.43 bits per heavy atom. The third kappa shape index (κ3) is 1.17. The second-order valence-electron chi connectivity index (χ2n) is 5.31. The molecule has 2 nitrogen and oxygen atoms in total. The number of hydrogen-bond donors (Lipinski definition) is 0. The van der Waals surface area contributed by atoms with Crippen molar-refractivity contribution < 1.29 is 9.53 Å². The molecule has 0 aromatic heterocycles. The highest BCUT2D eigenvalue weighted by Crippen LogP contribution is 2.77. The third-order valence-electron chi connectivity index (χ3n) is 4.08. The molecule has 3 aliphatic carbocycles. The quantitative estimate of drug-likeness (QED) is 0.455. The van der Waals surface area contributed by atoms with Crippen molar-refractivity contribution in [1.82, 2.24) is 0 Å². The van der Waals surface area contributed by atoms with Crippen LogP contribution in [0.3, 0.4) is 0 Å². The Kier molecular flexibility index (Phi) is 2.19. The van der Waals surface area contributed by atoms with Crippen molar-refractivity contribution in [3.8, 4) is 0 Å². The molecule has 0 amide bonds. The van der Waals surface area contributed by atoms with E-state index in [4.69, 9.17) is 4.74 Å². The molecular weight excluding hydrogens is 291 g/mol. The van der Waals surface area contributed by atoms with Crippen LogP contribution >= 0.6 is 22.6 Å². The Morgan fingerprint density at radius 3 is 2.29 bits per heavy atom. The lowest BCUT2D eigenvalue weighted by molar-refractivity contribution is -0.195. The summed E-state index contributed by atoms with van der Waals surface area (Å²) in [5.74, 6) is -0.0156. The van der Waals surface area contributed by atoms with E-state index in [-0.39, 0.29) is 16.8 Å². The van der Waals surface area contributed by atoms with Gasteiger partial charge in [-0.1, -0.05) is 22.6 Å². The van der Waals surface area contributed by atoms with E-state index in [1.54, 1.807) is 0 Å². The first-order valence-corrected chi connectivity index (χ1v) is 6.29. The number of alkyl halides is 1. The number of halogens is 1. The highest BCUT2D eigenvalue weighted by atomic mass is 127. The van der Waals surface area contributed by atoms with Gasteiger partial charge in [0, 0.05) is 3.42 Å². The van der Waals surface area contributed by atoms with Gasteiger partial charge in [-0.2, -0.15) is 0 Å². The lowest BCUT2D eigenvalue weighted by Gasteiger charge is -2.72. The van der Waals surface area contributed by atoms with Gasteiger partial charge in [0.25, 0.3) is 0 Å². The second kappa shape index (κ2) is 2.86. The fourth-order valence-electron chi connectivity index (χ4n) is 2.85. The van der Waals surface area contributed by atoms with E-state index in [1.165, 1.54) is 19.3 Å². The highest BCUT2D eigenvalue weighted by molar-refractivity contribution is 14.1. The van der Waals surface area contributed by atoms with Crippen molar-refractivity contribution in [1.29, 1.82) is 0 Å². The van der Waals surface area contributed by atoms with Crippen molar-refractivity contribution in [3.05, 3.63) is 0 Å². The highest BCUT2D eigenvalue weighted by Gasteiger charge is 2.73. The smallest absolute Gasteiger partial charge is 0.312 e. The van der Waals surface area contributed by atoms with E-state index in [9.17, 15) is 4.79 Å². The van der Waals surface area contributed by atoms with Crippen LogP contribution in [0.4, 0.5) is 0 Å². The van der Waals surface area contributed by atoms with Crippen molar-refractivity contribution in [3.63, 3.8) is 0 Å². The van der Waals surface area contributed by atoms with E-state index in [0.717, 1.165) is 0 Å². The van der Waals surface area contributed by atoms with E-state index in [1.807, 2.05) is 20.8 Å². The van der Waals surface area contributed by atoms with Crippen LogP contribution in [0.15, 0.2) is 0 Å². The molecule has 2 bridgehead atoms. The first kappa shape index (κ1) is 10.7. The maximum Gasteiger partial charge on any atom is 0.312 e. The van der Waals surface area contributed by atoms with Crippen molar-refractivity contribution in [2.24, 2.45) is 10.8 Å².